The number of benzene rings is 7. The van der Waals surface area contributed by atoms with Crippen molar-refractivity contribution in [3.63, 3.8) is 0 Å². The summed E-state index contributed by atoms with van der Waals surface area (Å²) in [6, 6.07) is 24.1. The van der Waals surface area contributed by atoms with Gasteiger partial charge in [-0.15, -0.1) is 0 Å². The Balaban J connectivity index is 1.63. The van der Waals surface area contributed by atoms with Gasteiger partial charge in [-0.3, -0.25) is 0 Å². The fourth-order valence-corrected chi connectivity index (χ4v) is 5.68. The van der Waals surface area contributed by atoms with Gasteiger partial charge in [0.15, 0.2) is 0 Å². The molecule has 0 saturated carbocycles. The van der Waals surface area contributed by atoms with Crippen molar-refractivity contribution in [1.82, 2.24) is 0 Å². The van der Waals surface area contributed by atoms with Gasteiger partial charge in [0.25, 0.3) is 0 Å². The van der Waals surface area contributed by atoms with Crippen LogP contribution in [0.1, 0.15) is 22.1 Å². The summed E-state index contributed by atoms with van der Waals surface area (Å²) in [6.07, 6.45) is 0.182. The lowest BCUT2D eigenvalue weighted by molar-refractivity contribution is 0.669. The molecule has 0 amide bonds. The van der Waals surface area contributed by atoms with Crippen molar-refractivity contribution in [2.24, 2.45) is 0 Å². The highest BCUT2D eigenvalue weighted by Gasteiger charge is 2.19. The van der Waals surface area contributed by atoms with Crippen molar-refractivity contribution < 1.29 is 15.4 Å². The number of rotatable bonds is 3. The highest BCUT2D eigenvalue weighted by Crippen LogP contribution is 2.44. The van der Waals surface area contributed by atoms with E-state index in [1.54, 1.807) is 6.07 Å². The molecule has 1 nitrogen and oxygen atoms in total. The van der Waals surface area contributed by atoms with Gasteiger partial charge < -0.3 is 4.42 Å². The highest BCUT2D eigenvalue weighted by molar-refractivity contribution is 6.22. The van der Waals surface area contributed by atoms with Gasteiger partial charge in [0.1, 0.15) is 11.2 Å². The van der Waals surface area contributed by atoms with Crippen molar-refractivity contribution in [2.75, 3.05) is 0 Å². The van der Waals surface area contributed by atoms with E-state index < -0.39 is 24.2 Å². The maximum absolute atomic E-state index is 9.22. The van der Waals surface area contributed by atoms with Crippen LogP contribution in [-0.4, -0.2) is 0 Å². The van der Waals surface area contributed by atoms with Crippen LogP contribution in [0, 0.1) is 0 Å². The summed E-state index contributed by atoms with van der Waals surface area (Å²) in [4.78, 5) is 0. The number of para-hydroxylation sites is 1. The number of fused-ring (bicyclic) bond motifs is 6. The maximum Gasteiger partial charge on any atom is 0.136 e. The molecule has 0 N–H and O–H groups in total. The third kappa shape index (κ3) is 3.19. The Hall–Kier alpha value is -4.88. The molecule has 1 heterocycles. The van der Waals surface area contributed by atoms with Crippen molar-refractivity contribution in [1.29, 1.82) is 0 Å². The van der Waals surface area contributed by atoms with Crippen LogP contribution in [0.25, 0.3) is 65.4 Å². The van der Waals surface area contributed by atoms with Crippen molar-refractivity contribution >= 4 is 54.3 Å². The second kappa shape index (κ2) is 8.33. The van der Waals surface area contributed by atoms with Gasteiger partial charge in [-0.25, -0.2) is 0 Å². The highest BCUT2D eigenvalue weighted by atomic mass is 16.3. The van der Waals surface area contributed by atoms with Crippen molar-refractivity contribution in [2.45, 2.75) is 6.42 Å². The Morgan fingerprint density at radius 2 is 1.21 bits per heavy atom. The molecule has 178 valence electrons. The zero-order valence-electron chi connectivity index (χ0n) is 28.2. The lowest BCUT2D eigenvalue weighted by Crippen LogP contribution is -1.96. The topological polar surface area (TPSA) is 13.1 Å². The average Bonchev–Trinajstić information content (AvgIpc) is 3.46. The standard InChI is InChI=1S/C37H24O/c1-2-11-26-22-24(20-21-25(26)10-1)23-33-27-12-3-5-14-29(27)36(30-15-6-4-13-28(30)33)32-17-9-19-35-37(32)31-16-7-8-18-34(31)38-35/h1-22H,23H2/i3D,4D,5D,6D,12D,13D,14D,15D. The van der Waals surface area contributed by atoms with E-state index in [1.165, 1.54) is 0 Å². The molecule has 8 aromatic rings. The van der Waals surface area contributed by atoms with Crippen LogP contribution < -0.4 is 0 Å². The van der Waals surface area contributed by atoms with Gasteiger partial charge in [-0.2, -0.15) is 0 Å². The summed E-state index contributed by atoms with van der Waals surface area (Å²) in [5, 5.41) is 4.40. The average molecular weight is 493 g/mol. The second-order valence-corrected chi connectivity index (χ2v) is 9.49. The third-order valence-electron chi connectivity index (χ3n) is 7.35. The Morgan fingerprint density at radius 3 is 2.00 bits per heavy atom. The molecule has 0 atom stereocenters. The van der Waals surface area contributed by atoms with E-state index in [0.717, 1.165) is 21.7 Å². The molecule has 0 saturated heterocycles. The molecule has 8 rings (SSSR count). The number of hydrogen-bond donors (Lipinski definition) is 0. The quantitative estimate of drug-likeness (QED) is 0.224. The van der Waals surface area contributed by atoms with E-state index in [9.17, 15) is 5.48 Å². The normalized spacial score (nSPS) is 14.7. The molecule has 0 aliphatic carbocycles. The number of furan rings is 1. The van der Waals surface area contributed by atoms with E-state index in [1.807, 2.05) is 78.9 Å². The van der Waals surface area contributed by atoms with Gasteiger partial charge >= 0.3 is 0 Å². The molecule has 0 spiro atoms. The van der Waals surface area contributed by atoms with Crippen molar-refractivity contribution in [3.8, 4) is 11.1 Å². The first-order valence-corrected chi connectivity index (χ1v) is 12.5. The monoisotopic (exact) mass is 492 g/mol. The Kier molecular flexibility index (Phi) is 3.23. The molecule has 0 bridgehead atoms. The fraction of sp³-hybridized carbons (Fsp3) is 0.0270. The minimum Gasteiger partial charge on any atom is -0.456 e. The minimum atomic E-state index is -0.417. The molecule has 1 aromatic heterocycles. The summed E-state index contributed by atoms with van der Waals surface area (Å²) in [5.74, 6) is 0. The van der Waals surface area contributed by atoms with Gasteiger partial charge in [0, 0.05) is 10.8 Å². The van der Waals surface area contributed by atoms with Gasteiger partial charge in [-0.1, -0.05) is 121 Å². The van der Waals surface area contributed by atoms with Gasteiger partial charge in [-0.05, 0) is 73.1 Å². The van der Waals surface area contributed by atoms with Crippen LogP contribution in [-0.2, 0) is 6.42 Å². The summed E-state index contributed by atoms with van der Waals surface area (Å²) < 4.78 is 77.7. The first-order chi connectivity index (χ1) is 22.2. The SMILES string of the molecule is [2H]c1c([2H])c([2H])c2c(-c3cccc4oc5ccccc5c34)c3c([2H])c([2H])c([2H])c([2H])c3c(Cc3ccc4ccccc4c3)c2c1[2H]. The Morgan fingerprint density at radius 1 is 0.553 bits per heavy atom. The summed E-state index contributed by atoms with van der Waals surface area (Å²) >= 11 is 0. The van der Waals surface area contributed by atoms with E-state index in [2.05, 4.69) is 0 Å². The largest absolute Gasteiger partial charge is 0.456 e. The Bertz CT molecular complexity index is 2520. The zero-order chi connectivity index (χ0) is 32.0. The van der Waals surface area contributed by atoms with Crippen LogP contribution in [0.15, 0.2) is 138 Å². The van der Waals surface area contributed by atoms with Crippen LogP contribution in [0.4, 0.5) is 0 Å². The van der Waals surface area contributed by atoms with Gasteiger partial charge in [0.05, 0.1) is 11.0 Å². The van der Waals surface area contributed by atoms with Crippen molar-refractivity contribution in [3.05, 3.63) is 144 Å². The molecular formula is C37H24O. The molecule has 0 fully saturated rings. The number of hydrogen-bond acceptors (Lipinski definition) is 1. The third-order valence-corrected chi connectivity index (χ3v) is 7.35. The first-order valence-electron chi connectivity index (χ1n) is 16.5. The smallest absolute Gasteiger partial charge is 0.136 e. The molecule has 0 unspecified atom stereocenters. The molecule has 1 heteroatoms. The fourth-order valence-electron chi connectivity index (χ4n) is 5.68. The lowest BCUT2D eigenvalue weighted by Gasteiger charge is -2.18. The second-order valence-electron chi connectivity index (χ2n) is 9.49. The van der Waals surface area contributed by atoms with Crippen LogP contribution in [0.5, 0.6) is 0 Å². The molecule has 0 aliphatic heterocycles. The van der Waals surface area contributed by atoms with Gasteiger partial charge in [0.2, 0.25) is 0 Å². The van der Waals surface area contributed by atoms with E-state index >= 15 is 0 Å². The van der Waals surface area contributed by atoms with E-state index in [-0.39, 0.29) is 52.1 Å². The predicted octanol–water partition coefficient (Wildman–Crippen LogP) is 10.3. The predicted molar refractivity (Wildman–Crippen MR) is 161 cm³/mol. The molecule has 0 radical (unpaired) electrons. The van der Waals surface area contributed by atoms with E-state index in [0.29, 0.717) is 33.2 Å². The summed E-state index contributed by atoms with van der Waals surface area (Å²) in [7, 11) is 0. The minimum absolute atomic E-state index is 0.182. The zero-order valence-corrected chi connectivity index (χ0v) is 20.2. The molecule has 0 aliphatic rings. The summed E-state index contributed by atoms with van der Waals surface area (Å²) in [6.45, 7) is 0. The molecular weight excluding hydrogens is 460 g/mol. The summed E-state index contributed by atoms with van der Waals surface area (Å²) in [5.41, 5.74) is 3.34. The van der Waals surface area contributed by atoms with E-state index in [4.69, 9.17) is 9.90 Å². The first kappa shape index (κ1) is 14.8. The molecule has 7 aromatic carbocycles. The Labute approximate surface area is 231 Å². The molecule has 38 heavy (non-hydrogen) atoms. The van der Waals surface area contributed by atoms with Crippen LogP contribution >= 0.6 is 0 Å². The van der Waals surface area contributed by atoms with Crippen LogP contribution in [0.3, 0.4) is 0 Å². The van der Waals surface area contributed by atoms with Crippen LogP contribution in [0.2, 0.25) is 0 Å². The maximum atomic E-state index is 9.22. The lowest BCUT2D eigenvalue weighted by atomic mass is 9.85.